The van der Waals surface area contributed by atoms with Crippen LogP contribution < -0.4 is 10.6 Å². The van der Waals surface area contributed by atoms with E-state index >= 15 is 0 Å². The Labute approximate surface area is 123 Å². The predicted octanol–water partition coefficient (Wildman–Crippen LogP) is 1.94. The van der Waals surface area contributed by atoms with Gasteiger partial charge in [-0.2, -0.15) is 0 Å². The fourth-order valence-electron chi connectivity index (χ4n) is 1.56. The number of hydrogen-bond acceptors (Lipinski definition) is 3. The van der Waals surface area contributed by atoms with E-state index in [4.69, 9.17) is 4.74 Å². The summed E-state index contributed by atoms with van der Waals surface area (Å²) in [7, 11) is 1.59. The predicted molar refractivity (Wildman–Crippen MR) is 78.3 cm³/mol. The summed E-state index contributed by atoms with van der Waals surface area (Å²) in [4.78, 5) is 24.2. The summed E-state index contributed by atoms with van der Waals surface area (Å²) in [6.45, 7) is 4.07. The number of amides is 2. The van der Waals surface area contributed by atoms with E-state index in [0.29, 0.717) is 25.3 Å². The average molecular weight is 296 g/mol. The molecule has 2 N–H and O–H groups in total. The molecule has 5 nitrogen and oxygen atoms in total. The molecule has 0 atom stereocenters. The minimum absolute atomic E-state index is 0.363. The number of anilines is 1. The number of methoxy groups -OCH3 is 1. The highest BCUT2D eigenvalue weighted by Crippen LogP contribution is 2.19. The first-order valence-electron chi connectivity index (χ1n) is 6.72. The van der Waals surface area contributed by atoms with Gasteiger partial charge in [0.25, 0.3) is 0 Å². The van der Waals surface area contributed by atoms with E-state index in [9.17, 15) is 14.0 Å². The van der Waals surface area contributed by atoms with Crippen molar-refractivity contribution >= 4 is 17.5 Å². The fourth-order valence-corrected chi connectivity index (χ4v) is 1.56. The first-order valence-corrected chi connectivity index (χ1v) is 6.72. The number of nitrogens with one attached hydrogen (secondary N) is 2. The van der Waals surface area contributed by atoms with Gasteiger partial charge in [-0.3, -0.25) is 9.59 Å². The molecule has 0 spiro atoms. The van der Waals surface area contributed by atoms with Crippen molar-refractivity contribution in [2.75, 3.05) is 25.6 Å². The molecule has 0 aliphatic rings. The molecule has 0 saturated carbocycles. The molecule has 0 aliphatic heterocycles. The van der Waals surface area contributed by atoms with E-state index in [0.717, 1.165) is 0 Å². The van der Waals surface area contributed by atoms with Crippen molar-refractivity contribution in [3.63, 3.8) is 0 Å². The summed E-state index contributed by atoms with van der Waals surface area (Å²) in [5.74, 6) is -1.19. The number of rotatable bonds is 7. The molecule has 1 aromatic rings. The molecule has 6 heteroatoms. The topological polar surface area (TPSA) is 67.4 Å². The van der Waals surface area contributed by atoms with Gasteiger partial charge in [0.15, 0.2) is 0 Å². The Hall–Kier alpha value is -1.95. The second-order valence-corrected chi connectivity index (χ2v) is 5.19. The van der Waals surface area contributed by atoms with Crippen molar-refractivity contribution < 1.29 is 18.7 Å². The highest BCUT2D eigenvalue weighted by molar-refractivity contribution is 6.09. The molecule has 0 aromatic heterocycles. The van der Waals surface area contributed by atoms with Crippen LogP contribution in [0.3, 0.4) is 0 Å². The highest BCUT2D eigenvalue weighted by atomic mass is 19.1. The molecule has 0 unspecified atom stereocenters. The molecular formula is C15H21FN2O3. The van der Waals surface area contributed by atoms with Gasteiger partial charge in [-0.15, -0.1) is 0 Å². The smallest absolute Gasteiger partial charge is 0.239 e. The second-order valence-electron chi connectivity index (χ2n) is 5.19. The van der Waals surface area contributed by atoms with Gasteiger partial charge >= 0.3 is 0 Å². The van der Waals surface area contributed by atoms with Gasteiger partial charge in [0.1, 0.15) is 11.2 Å². The van der Waals surface area contributed by atoms with Crippen LogP contribution in [0, 0.1) is 11.2 Å². The Morgan fingerprint density at radius 3 is 2.38 bits per heavy atom. The zero-order chi connectivity index (χ0) is 15.9. The summed E-state index contributed by atoms with van der Waals surface area (Å²) in [5.41, 5.74) is -0.775. The molecule has 21 heavy (non-hydrogen) atoms. The average Bonchev–Trinajstić information content (AvgIpc) is 2.45. The lowest BCUT2D eigenvalue weighted by Crippen LogP contribution is -2.45. The molecular weight excluding hydrogens is 275 g/mol. The Kier molecular flexibility index (Phi) is 6.30. The van der Waals surface area contributed by atoms with Gasteiger partial charge < -0.3 is 15.4 Å². The fraction of sp³-hybridized carbons (Fsp3) is 0.467. The Bertz CT molecular complexity index is 486. The maximum absolute atomic E-state index is 12.8. The number of carbonyl (C=O) groups excluding carboxylic acids is 2. The van der Waals surface area contributed by atoms with Crippen LogP contribution in [0.25, 0.3) is 0 Å². The van der Waals surface area contributed by atoms with Gasteiger partial charge in [0, 0.05) is 25.9 Å². The summed E-state index contributed by atoms with van der Waals surface area (Å²) >= 11 is 0. The van der Waals surface area contributed by atoms with Crippen LogP contribution in [0.2, 0.25) is 0 Å². The molecule has 0 fully saturated rings. The van der Waals surface area contributed by atoms with Gasteiger partial charge in [-0.05, 0) is 44.5 Å². The minimum Gasteiger partial charge on any atom is -0.385 e. The number of hydrogen-bond donors (Lipinski definition) is 2. The molecule has 0 aliphatic carbocycles. The number of carbonyl (C=O) groups is 2. The third kappa shape index (κ3) is 5.15. The summed E-state index contributed by atoms with van der Waals surface area (Å²) in [5, 5.41) is 5.29. The van der Waals surface area contributed by atoms with Crippen LogP contribution in [-0.4, -0.2) is 32.1 Å². The highest BCUT2D eigenvalue weighted by Gasteiger charge is 2.35. The van der Waals surface area contributed by atoms with Crippen LogP contribution in [0.4, 0.5) is 10.1 Å². The van der Waals surface area contributed by atoms with E-state index in [1.54, 1.807) is 7.11 Å². The van der Waals surface area contributed by atoms with E-state index in [1.165, 1.54) is 38.1 Å². The molecule has 0 bridgehead atoms. The third-order valence-electron chi connectivity index (χ3n) is 3.05. The molecule has 1 aromatic carbocycles. The van der Waals surface area contributed by atoms with Crippen LogP contribution >= 0.6 is 0 Å². The van der Waals surface area contributed by atoms with Crippen molar-refractivity contribution in [2.45, 2.75) is 20.3 Å². The van der Waals surface area contributed by atoms with Crippen LogP contribution in [-0.2, 0) is 14.3 Å². The summed E-state index contributed by atoms with van der Waals surface area (Å²) in [6, 6.07) is 5.38. The second kappa shape index (κ2) is 7.73. The van der Waals surface area contributed by atoms with Crippen molar-refractivity contribution in [2.24, 2.45) is 5.41 Å². The molecule has 0 radical (unpaired) electrons. The van der Waals surface area contributed by atoms with E-state index in [-0.39, 0.29) is 11.7 Å². The number of halogens is 1. The quantitative estimate of drug-likeness (QED) is 0.597. The zero-order valence-corrected chi connectivity index (χ0v) is 12.5. The number of ether oxygens (including phenoxy) is 1. The van der Waals surface area contributed by atoms with Gasteiger partial charge in [-0.1, -0.05) is 0 Å². The first kappa shape index (κ1) is 17.1. The Morgan fingerprint density at radius 1 is 1.19 bits per heavy atom. The molecule has 0 saturated heterocycles. The molecule has 1 rings (SSSR count). The Balaban J connectivity index is 2.57. The Morgan fingerprint density at radius 2 is 1.81 bits per heavy atom. The van der Waals surface area contributed by atoms with Gasteiger partial charge in [0.05, 0.1) is 0 Å². The van der Waals surface area contributed by atoms with Crippen LogP contribution in [0.1, 0.15) is 20.3 Å². The van der Waals surface area contributed by atoms with E-state index < -0.39 is 11.3 Å². The summed E-state index contributed by atoms with van der Waals surface area (Å²) < 4.78 is 17.7. The third-order valence-corrected chi connectivity index (χ3v) is 3.05. The molecule has 2 amide bonds. The largest absolute Gasteiger partial charge is 0.385 e. The van der Waals surface area contributed by atoms with Crippen molar-refractivity contribution in [1.82, 2.24) is 5.32 Å². The zero-order valence-electron chi connectivity index (χ0n) is 12.5. The van der Waals surface area contributed by atoms with Gasteiger partial charge in [0.2, 0.25) is 11.8 Å². The SMILES string of the molecule is COCCCNC(=O)C(C)(C)C(=O)Nc1ccc(F)cc1. The monoisotopic (exact) mass is 296 g/mol. The lowest BCUT2D eigenvalue weighted by molar-refractivity contribution is -0.138. The lowest BCUT2D eigenvalue weighted by Gasteiger charge is -2.22. The minimum atomic E-state index is -1.22. The normalized spacial score (nSPS) is 11.0. The van der Waals surface area contributed by atoms with Crippen LogP contribution in [0.15, 0.2) is 24.3 Å². The molecule has 0 heterocycles. The summed E-state index contributed by atoms with van der Waals surface area (Å²) in [6.07, 6.45) is 0.678. The van der Waals surface area contributed by atoms with Crippen LogP contribution in [0.5, 0.6) is 0 Å². The maximum atomic E-state index is 12.8. The first-order chi connectivity index (χ1) is 9.87. The molecule has 116 valence electrons. The maximum Gasteiger partial charge on any atom is 0.239 e. The van der Waals surface area contributed by atoms with Crippen molar-refractivity contribution in [3.8, 4) is 0 Å². The number of benzene rings is 1. The van der Waals surface area contributed by atoms with E-state index in [2.05, 4.69) is 10.6 Å². The van der Waals surface area contributed by atoms with Crippen molar-refractivity contribution in [3.05, 3.63) is 30.1 Å². The lowest BCUT2D eigenvalue weighted by atomic mass is 9.91. The van der Waals surface area contributed by atoms with E-state index in [1.807, 2.05) is 0 Å². The van der Waals surface area contributed by atoms with Gasteiger partial charge in [-0.25, -0.2) is 4.39 Å². The standard InChI is InChI=1S/C15H21FN2O3/c1-15(2,13(19)17-9-4-10-21-3)14(20)18-12-7-5-11(16)6-8-12/h5-8H,4,9-10H2,1-3H3,(H,17,19)(H,18,20). The van der Waals surface area contributed by atoms with Crippen molar-refractivity contribution in [1.29, 1.82) is 0 Å².